The third kappa shape index (κ3) is 5.33. The van der Waals surface area contributed by atoms with Gasteiger partial charge in [0.1, 0.15) is 11.4 Å². The first-order valence-corrected chi connectivity index (χ1v) is 18.6. The number of aromatic nitrogens is 4. The Bertz CT molecular complexity index is 2840. The molecule has 0 aliphatic rings. The molecule has 0 saturated heterocycles. The van der Waals surface area contributed by atoms with E-state index in [2.05, 4.69) is 156 Å². The first kappa shape index (κ1) is 32.8. The molecule has 0 amide bonds. The predicted molar refractivity (Wildman–Crippen MR) is 220 cm³/mol. The fourth-order valence-electron chi connectivity index (χ4n) is 8.15. The Morgan fingerprint density at radius 1 is 0.623 bits per heavy atom. The average Bonchev–Trinajstić information content (AvgIpc) is 3.73. The maximum atomic E-state index is 6.78. The van der Waals surface area contributed by atoms with Crippen LogP contribution in [0.1, 0.15) is 67.5 Å². The molecule has 0 bridgehead atoms. The number of benzene rings is 5. The van der Waals surface area contributed by atoms with E-state index in [1.54, 1.807) is 0 Å². The van der Waals surface area contributed by atoms with Crippen LogP contribution in [0.5, 0.6) is 0 Å². The molecule has 260 valence electrons. The van der Waals surface area contributed by atoms with Crippen LogP contribution in [-0.2, 0) is 0 Å². The molecule has 0 saturated carbocycles. The molecule has 0 unspecified atom stereocenters. The van der Waals surface area contributed by atoms with Crippen LogP contribution in [-0.4, -0.2) is 19.5 Å². The van der Waals surface area contributed by atoms with E-state index in [4.69, 9.17) is 19.4 Å². The molecule has 9 rings (SSSR count). The van der Waals surface area contributed by atoms with E-state index in [1.165, 1.54) is 44.2 Å². The Kier molecular flexibility index (Phi) is 7.77. The monoisotopic (exact) mass is 690 g/mol. The van der Waals surface area contributed by atoms with Gasteiger partial charge in [-0.25, -0.2) is 9.97 Å². The fraction of sp³-hybridized carbons (Fsp3) is 0.188. The van der Waals surface area contributed by atoms with E-state index in [9.17, 15) is 0 Å². The van der Waals surface area contributed by atoms with Crippen molar-refractivity contribution in [2.45, 2.75) is 60.3 Å². The van der Waals surface area contributed by atoms with Gasteiger partial charge in [-0.2, -0.15) is 0 Å². The zero-order valence-electron chi connectivity index (χ0n) is 31.3. The summed E-state index contributed by atoms with van der Waals surface area (Å²) in [7, 11) is 0. The van der Waals surface area contributed by atoms with Crippen molar-refractivity contribution < 1.29 is 4.42 Å². The van der Waals surface area contributed by atoms with Crippen LogP contribution in [0.4, 0.5) is 0 Å². The third-order valence-electron chi connectivity index (χ3n) is 10.8. The number of rotatable bonds is 6. The lowest BCUT2D eigenvalue weighted by Gasteiger charge is -2.24. The second-order valence-electron chi connectivity index (χ2n) is 15.0. The highest BCUT2D eigenvalue weighted by Crippen LogP contribution is 2.43. The highest BCUT2D eigenvalue weighted by Gasteiger charge is 2.27. The van der Waals surface area contributed by atoms with Gasteiger partial charge in [-0.15, -0.1) is 0 Å². The van der Waals surface area contributed by atoms with Gasteiger partial charge >= 0.3 is 0 Å². The number of hydrogen-bond donors (Lipinski definition) is 0. The molecule has 53 heavy (non-hydrogen) atoms. The van der Waals surface area contributed by atoms with Crippen molar-refractivity contribution in [3.8, 4) is 39.5 Å². The van der Waals surface area contributed by atoms with Crippen molar-refractivity contribution in [3.05, 3.63) is 143 Å². The molecule has 0 N–H and O–H groups in total. The Labute approximate surface area is 310 Å². The summed E-state index contributed by atoms with van der Waals surface area (Å²) < 4.78 is 9.15. The minimum atomic E-state index is 0.236. The van der Waals surface area contributed by atoms with Crippen LogP contribution in [0.15, 0.2) is 120 Å². The molecule has 0 atom stereocenters. The van der Waals surface area contributed by atoms with Crippen LogP contribution in [0, 0.1) is 20.8 Å². The van der Waals surface area contributed by atoms with Gasteiger partial charge in [0.15, 0.2) is 0 Å². The molecule has 5 aromatic carbocycles. The number of aryl methyl sites for hydroxylation is 3. The van der Waals surface area contributed by atoms with E-state index in [1.807, 2.05) is 12.3 Å². The van der Waals surface area contributed by atoms with Crippen LogP contribution >= 0.6 is 0 Å². The lowest BCUT2D eigenvalue weighted by molar-refractivity contribution is 0.655. The Balaban J connectivity index is 1.32. The van der Waals surface area contributed by atoms with E-state index >= 15 is 0 Å². The van der Waals surface area contributed by atoms with Gasteiger partial charge in [-0.05, 0) is 119 Å². The lowest BCUT2D eigenvalue weighted by Crippen LogP contribution is -2.10. The SMILES string of the molecule is Cc1cccc(C)c1-c1ccc2c(n1)oc1c(-c3nc4ccnc(C)c4n3-c3c(C(C)C)cc(-c4ccc5ccccc5c4)cc3C(C)C)cccc12. The van der Waals surface area contributed by atoms with Crippen LogP contribution in [0.2, 0.25) is 0 Å². The maximum absolute atomic E-state index is 6.78. The van der Waals surface area contributed by atoms with Crippen molar-refractivity contribution in [2.24, 2.45) is 0 Å². The Morgan fingerprint density at radius 2 is 1.34 bits per heavy atom. The molecular weight excluding hydrogens is 649 g/mol. The highest BCUT2D eigenvalue weighted by molar-refractivity contribution is 6.09. The number of para-hydroxylation sites is 1. The van der Waals surface area contributed by atoms with Gasteiger partial charge in [-0.3, -0.25) is 9.55 Å². The first-order valence-electron chi connectivity index (χ1n) is 18.6. The summed E-state index contributed by atoms with van der Waals surface area (Å²) in [6.45, 7) is 15.5. The van der Waals surface area contributed by atoms with Gasteiger partial charge < -0.3 is 4.42 Å². The van der Waals surface area contributed by atoms with Crippen LogP contribution < -0.4 is 0 Å². The summed E-state index contributed by atoms with van der Waals surface area (Å²) in [5.41, 5.74) is 15.7. The summed E-state index contributed by atoms with van der Waals surface area (Å²) in [5, 5.41) is 4.50. The molecule has 4 aromatic heterocycles. The van der Waals surface area contributed by atoms with Gasteiger partial charge in [0.2, 0.25) is 5.71 Å². The number of furan rings is 1. The van der Waals surface area contributed by atoms with Crippen molar-refractivity contribution in [2.75, 3.05) is 0 Å². The standard InChI is InChI=1S/C48H42N4O/c1-27(2)39-25-35(34-19-18-32-14-8-9-15-33(32)24-34)26-40(28(3)4)45(39)52-44-31(7)49-23-22-42(44)50-47(52)38-17-11-16-36-37-20-21-41(51-48(37)53-46(36)38)43-29(5)12-10-13-30(43)6/h8-28H,1-7H3. The lowest BCUT2D eigenvalue weighted by atomic mass is 9.87. The molecule has 0 radical (unpaired) electrons. The molecule has 4 heterocycles. The number of pyridine rings is 2. The second-order valence-corrected chi connectivity index (χ2v) is 15.0. The Morgan fingerprint density at radius 3 is 2.08 bits per heavy atom. The number of nitrogens with zero attached hydrogens (tertiary/aromatic N) is 4. The van der Waals surface area contributed by atoms with E-state index in [0.717, 1.165) is 61.4 Å². The molecule has 5 heteroatoms. The molecule has 0 aliphatic carbocycles. The summed E-state index contributed by atoms with van der Waals surface area (Å²) in [6.07, 6.45) is 1.86. The topological polar surface area (TPSA) is 56.7 Å². The smallest absolute Gasteiger partial charge is 0.227 e. The summed E-state index contributed by atoms with van der Waals surface area (Å²) >= 11 is 0. The largest absolute Gasteiger partial charge is 0.437 e. The zero-order valence-corrected chi connectivity index (χ0v) is 31.3. The van der Waals surface area contributed by atoms with E-state index in [0.29, 0.717) is 5.71 Å². The number of hydrogen-bond acceptors (Lipinski definition) is 4. The predicted octanol–water partition coefficient (Wildman–Crippen LogP) is 13.0. The quantitative estimate of drug-likeness (QED) is 0.174. The van der Waals surface area contributed by atoms with Crippen LogP contribution in [0.3, 0.4) is 0 Å². The first-order chi connectivity index (χ1) is 25.7. The summed E-state index contributed by atoms with van der Waals surface area (Å²) in [6, 6.07) is 39.2. The molecular formula is C48H42N4O. The molecule has 0 aliphatic heterocycles. The molecule has 5 nitrogen and oxygen atoms in total. The van der Waals surface area contributed by atoms with Crippen LogP contribution in [0.25, 0.3) is 83.3 Å². The minimum Gasteiger partial charge on any atom is -0.437 e. The van der Waals surface area contributed by atoms with Gasteiger partial charge in [0.25, 0.3) is 0 Å². The summed E-state index contributed by atoms with van der Waals surface area (Å²) in [4.78, 5) is 15.3. The van der Waals surface area contributed by atoms with Gasteiger partial charge in [0.05, 0.1) is 33.7 Å². The molecule has 9 aromatic rings. The minimum absolute atomic E-state index is 0.236. The van der Waals surface area contributed by atoms with E-state index in [-0.39, 0.29) is 11.8 Å². The van der Waals surface area contributed by atoms with Crippen molar-refractivity contribution >= 4 is 43.9 Å². The number of fused-ring (bicyclic) bond motifs is 5. The van der Waals surface area contributed by atoms with Gasteiger partial charge in [0, 0.05) is 22.5 Å². The molecule has 0 spiro atoms. The van der Waals surface area contributed by atoms with Gasteiger partial charge in [-0.1, -0.05) is 94.4 Å². The highest BCUT2D eigenvalue weighted by atomic mass is 16.3. The average molecular weight is 691 g/mol. The Hall–Kier alpha value is -6.07. The van der Waals surface area contributed by atoms with Crippen molar-refractivity contribution in [1.29, 1.82) is 0 Å². The van der Waals surface area contributed by atoms with Crippen molar-refractivity contribution in [3.63, 3.8) is 0 Å². The molecule has 0 fully saturated rings. The third-order valence-corrected chi connectivity index (χ3v) is 10.8. The number of imidazole rings is 1. The second kappa shape index (κ2) is 12.6. The zero-order chi connectivity index (χ0) is 36.5. The summed E-state index contributed by atoms with van der Waals surface area (Å²) in [5.74, 6) is 1.30. The van der Waals surface area contributed by atoms with E-state index < -0.39 is 0 Å². The normalized spacial score (nSPS) is 12.0. The fourth-order valence-corrected chi connectivity index (χ4v) is 8.15. The van der Waals surface area contributed by atoms with Crippen molar-refractivity contribution in [1.82, 2.24) is 19.5 Å². The maximum Gasteiger partial charge on any atom is 0.227 e.